The molecule has 0 aliphatic carbocycles. The van der Waals surface area contributed by atoms with Gasteiger partial charge in [-0.25, -0.2) is 4.79 Å². The van der Waals surface area contributed by atoms with Crippen molar-refractivity contribution < 1.29 is 19.2 Å². The van der Waals surface area contributed by atoms with Crippen molar-refractivity contribution in [1.29, 1.82) is 0 Å². The maximum absolute atomic E-state index is 10.7. The Hall–Kier alpha value is -1.89. The number of aliphatic carboxylic acids is 1. The van der Waals surface area contributed by atoms with E-state index in [1.807, 2.05) is 0 Å². The molecule has 3 N–H and O–H groups in total. The van der Waals surface area contributed by atoms with Gasteiger partial charge in [-0.1, -0.05) is 5.16 Å². The Balaban J connectivity index is 2.32. The zero-order valence-electron chi connectivity index (χ0n) is 8.77. The summed E-state index contributed by atoms with van der Waals surface area (Å²) in [5.74, 6) is -0.860. The fraction of sp³-hybridized carbons (Fsp3) is 0.444. The van der Waals surface area contributed by atoms with Crippen LogP contribution in [0.2, 0.25) is 0 Å². The maximum Gasteiger partial charge on any atom is 0.327 e. The van der Waals surface area contributed by atoms with Crippen LogP contribution in [-0.2, 0) is 16.1 Å². The van der Waals surface area contributed by atoms with E-state index in [0.29, 0.717) is 12.3 Å². The van der Waals surface area contributed by atoms with Gasteiger partial charge in [0.05, 0.1) is 12.7 Å². The molecular formula is C9H13N3O4. The van der Waals surface area contributed by atoms with Gasteiger partial charge in [0.2, 0.25) is 5.91 Å². The largest absolute Gasteiger partial charge is 0.480 e. The molecular weight excluding hydrogens is 214 g/mol. The van der Waals surface area contributed by atoms with Crippen LogP contribution in [0.15, 0.2) is 16.8 Å². The number of carboxylic acids is 1. The highest BCUT2D eigenvalue weighted by Crippen LogP contribution is 1.95. The van der Waals surface area contributed by atoms with Gasteiger partial charge >= 0.3 is 5.97 Å². The monoisotopic (exact) mass is 227 g/mol. The van der Waals surface area contributed by atoms with Crippen LogP contribution in [-0.4, -0.2) is 34.7 Å². The summed E-state index contributed by atoms with van der Waals surface area (Å²) in [6.07, 6.45) is 1.50. The van der Waals surface area contributed by atoms with Gasteiger partial charge in [0.1, 0.15) is 11.8 Å². The van der Waals surface area contributed by atoms with Gasteiger partial charge in [-0.2, -0.15) is 0 Å². The number of hydrogen-bond acceptors (Lipinski definition) is 5. The molecule has 7 nitrogen and oxygen atoms in total. The quantitative estimate of drug-likeness (QED) is 0.596. The molecule has 16 heavy (non-hydrogen) atoms. The first kappa shape index (κ1) is 12.2. The molecule has 0 bridgehead atoms. The van der Waals surface area contributed by atoms with E-state index in [4.69, 9.17) is 9.63 Å². The fourth-order valence-corrected chi connectivity index (χ4v) is 1.12. The molecule has 0 aliphatic rings. The van der Waals surface area contributed by atoms with Gasteiger partial charge in [0.15, 0.2) is 0 Å². The van der Waals surface area contributed by atoms with E-state index in [1.165, 1.54) is 13.1 Å². The van der Waals surface area contributed by atoms with Gasteiger partial charge in [0, 0.05) is 19.5 Å². The number of carbonyl (C=O) groups excluding carboxylic acids is 1. The summed E-state index contributed by atoms with van der Waals surface area (Å²) in [7, 11) is 0. The average Bonchev–Trinajstić information content (AvgIpc) is 2.68. The minimum atomic E-state index is -1.08. The molecule has 1 rings (SSSR count). The van der Waals surface area contributed by atoms with E-state index in [2.05, 4.69) is 15.8 Å². The van der Waals surface area contributed by atoms with E-state index in [-0.39, 0.29) is 12.5 Å². The van der Waals surface area contributed by atoms with E-state index in [0.717, 1.165) is 0 Å². The van der Waals surface area contributed by atoms with Crippen LogP contribution in [0.25, 0.3) is 0 Å². The Kier molecular flexibility index (Phi) is 4.46. The number of carbonyl (C=O) groups is 2. The summed E-state index contributed by atoms with van der Waals surface area (Å²) >= 11 is 0. The molecule has 1 heterocycles. The van der Waals surface area contributed by atoms with Gasteiger partial charge in [0.25, 0.3) is 0 Å². The minimum absolute atomic E-state index is 0.121. The van der Waals surface area contributed by atoms with E-state index in [1.54, 1.807) is 6.07 Å². The third-order valence-corrected chi connectivity index (χ3v) is 1.81. The average molecular weight is 227 g/mol. The molecule has 0 aliphatic heterocycles. The molecule has 0 spiro atoms. The summed E-state index contributed by atoms with van der Waals surface area (Å²) in [6, 6.07) is 0.724. The summed E-state index contributed by atoms with van der Waals surface area (Å²) in [4.78, 5) is 21.5. The van der Waals surface area contributed by atoms with Gasteiger partial charge in [-0.3, -0.25) is 4.79 Å². The molecule has 1 amide bonds. The predicted octanol–water partition coefficient (Wildman–Crippen LogP) is -0.647. The molecule has 1 aromatic heterocycles. The fourth-order valence-electron chi connectivity index (χ4n) is 1.12. The second-order valence-corrected chi connectivity index (χ2v) is 3.20. The Labute approximate surface area is 91.8 Å². The lowest BCUT2D eigenvalue weighted by molar-refractivity contribution is -0.141. The summed E-state index contributed by atoms with van der Waals surface area (Å²) in [5, 5.41) is 17.4. The van der Waals surface area contributed by atoms with Crippen molar-refractivity contribution in [1.82, 2.24) is 15.8 Å². The van der Waals surface area contributed by atoms with E-state index >= 15 is 0 Å². The smallest absolute Gasteiger partial charge is 0.327 e. The van der Waals surface area contributed by atoms with Crippen LogP contribution in [0, 0.1) is 0 Å². The topological polar surface area (TPSA) is 104 Å². The summed E-state index contributed by atoms with van der Waals surface area (Å²) in [5.41, 5.74) is 0. The van der Waals surface area contributed by atoms with Crippen LogP contribution in [0.3, 0.4) is 0 Å². The number of nitrogens with one attached hydrogen (secondary N) is 2. The van der Waals surface area contributed by atoms with Crippen molar-refractivity contribution in [2.75, 3.05) is 6.54 Å². The number of hydrogen-bond donors (Lipinski definition) is 3. The normalized spacial score (nSPS) is 12.1. The molecule has 1 unspecified atom stereocenters. The highest BCUT2D eigenvalue weighted by Gasteiger charge is 2.17. The summed E-state index contributed by atoms with van der Waals surface area (Å²) in [6.45, 7) is 1.76. The Bertz CT molecular complexity index is 350. The third kappa shape index (κ3) is 4.09. The van der Waals surface area contributed by atoms with Crippen molar-refractivity contribution in [2.24, 2.45) is 0 Å². The highest BCUT2D eigenvalue weighted by atomic mass is 16.5. The van der Waals surface area contributed by atoms with Crippen LogP contribution in [0.4, 0.5) is 0 Å². The minimum Gasteiger partial charge on any atom is -0.480 e. The molecule has 0 radical (unpaired) electrons. The number of carboxylic acid groups (broad SMARTS) is 1. The number of amides is 1. The molecule has 1 aromatic rings. The van der Waals surface area contributed by atoms with Crippen LogP contribution in [0.1, 0.15) is 12.7 Å². The number of aromatic nitrogens is 1. The van der Waals surface area contributed by atoms with E-state index in [9.17, 15) is 9.59 Å². The predicted molar refractivity (Wildman–Crippen MR) is 53.5 cm³/mol. The first-order valence-electron chi connectivity index (χ1n) is 4.70. The van der Waals surface area contributed by atoms with Gasteiger partial charge in [-0.05, 0) is 0 Å². The molecule has 7 heteroatoms. The number of nitrogens with zero attached hydrogens (tertiary/aromatic N) is 1. The highest BCUT2D eigenvalue weighted by molar-refractivity contribution is 5.82. The molecule has 0 saturated heterocycles. The zero-order valence-corrected chi connectivity index (χ0v) is 8.77. The zero-order chi connectivity index (χ0) is 12.0. The Morgan fingerprint density at radius 1 is 1.62 bits per heavy atom. The lowest BCUT2D eigenvalue weighted by Gasteiger charge is -2.13. The van der Waals surface area contributed by atoms with Crippen LogP contribution < -0.4 is 10.6 Å². The first-order valence-corrected chi connectivity index (χ1v) is 4.70. The Morgan fingerprint density at radius 3 is 2.88 bits per heavy atom. The maximum atomic E-state index is 10.7. The molecule has 0 saturated carbocycles. The van der Waals surface area contributed by atoms with E-state index < -0.39 is 12.0 Å². The van der Waals surface area contributed by atoms with Crippen molar-refractivity contribution in [3.63, 3.8) is 0 Å². The molecule has 88 valence electrons. The lowest BCUT2D eigenvalue weighted by Crippen LogP contribution is -2.46. The van der Waals surface area contributed by atoms with Crippen molar-refractivity contribution in [2.45, 2.75) is 19.5 Å². The summed E-state index contributed by atoms with van der Waals surface area (Å²) < 4.78 is 4.81. The lowest BCUT2D eigenvalue weighted by atomic mass is 10.3. The molecule has 1 atom stereocenters. The standard InChI is InChI=1S/C9H13N3O4/c1-6(13)12-8(9(14)15)5-10-4-7-2-3-11-16-7/h2-3,8,10H,4-5H2,1H3,(H,12,13)(H,14,15). The third-order valence-electron chi connectivity index (χ3n) is 1.81. The Morgan fingerprint density at radius 2 is 2.38 bits per heavy atom. The second kappa shape index (κ2) is 5.86. The molecule has 0 aromatic carbocycles. The molecule has 0 fully saturated rings. The van der Waals surface area contributed by atoms with Gasteiger partial charge in [-0.15, -0.1) is 0 Å². The van der Waals surface area contributed by atoms with Crippen LogP contribution in [0.5, 0.6) is 0 Å². The first-order chi connectivity index (χ1) is 7.59. The van der Waals surface area contributed by atoms with Crippen LogP contribution >= 0.6 is 0 Å². The van der Waals surface area contributed by atoms with Crippen molar-refractivity contribution in [3.05, 3.63) is 18.0 Å². The van der Waals surface area contributed by atoms with Gasteiger partial charge < -0.3 is 20.3 Å². The number of rotatable bonds is 6. The SMILES string of the molecule is CC(=O)NC(CNCc1ccno1)C(=O)O. The van der Waals surface area contributed by atoms with Crippen molar-refractivity contribution >= 4 is 11.9 Å². The van der Waals surface area contributed by atoms with Crippen molar-refractivity contribution in [3.8, 4) is 0 Å². The second-order valence-electron chi connectivity index (χ2n) is 3.20.